The van der Waals surface area contributed by atoms with Gasteiger partial charge in [0.1, 0.15) is 12.2 Å². The van der Waals surface area contributed by atoms with Gasteiger partial charge >= 0.3 is 0 Å². The summed E-state index contributed by atoms with van der Waals surface area (Å²) in [6, 6.07) is 3.34. The highest BCUT2D eigenvalue weighted by atomic mass is 16.3. The lowest BCUT2D eigenvalue weighted by molar-refractivity contribution is 0.0963. The number of Topliss-reactive ketones (excluding diaryl/α,β-unsaturated/α-hetero) is 1. The van der Waals surface area contributed by atoms with Gasteiger partial charge in [0.2, 0.25) is 5.78 Å². The van der Waals surface area contributed by atoms with E-state index < -0.39 is 0 Å². The van der Waals surface area contributed by atoms with Gasteiger partial charge in [-0.3, -0.25) is 4.79 Å². The summed E-state index contributed by atoms with van der Waals surface area (Å²) in [5.74, 6) is 0.947. The Bertz CT molecular complexity index is 445. The van der Waals surface area contributed by atoms with E-state index >= 15 is 0 Å². The number of nitrogens with zero attached hydrogens (tertiary/aromatic N) is 3. The monoisotopic (exact) mass is 205 g/mol. The van der Waals surface area contributed by atoms with Crippen LogP contribution < -0.4 is 0 Å². The average Bonchev–Trinajstić information content (AvgIpc) is 2.87. The lowest BCUT2D eigenvalue weighted by atomic mass is 10.2. The van der Waals surface area contributed by atoms with Crippen molar-refractivity contribution in [3.05, 3.63) is 36.3 Å². The van der Waals surface area contributed by atoms with E-state index in [9.17, 15) is 4.79 Å². The number of carbonyl (C=O) groups is 1. The minimum absolute atomic E-state index is 0.0808. The van der Waals surface area contributed by atoms with Crippen molar-refractivity contribution in [1.82, 2.24) is 14.8 Å². The molecule has 0 saturated heterocycles. The highest BCUT2D eigenvalue weighted by Crippen LogP contribution is 2.05. The van der Waals surface area contributed by atoms with E-state index in [1.165, 1.54) is 12.6 Å². The van der Waals surface area contributed by atoms with Gasteiger partial charge < -0.3 is 4.42 Å². The summed E-state index contributed by atoms with van der Waals surface area (Å²) in [6.07, 6.45) is 3.16. The van der Waals surface area contributed by atoms with Crippen LogP contribution in [0.1, 0.15) is 23.3 Å². The third kappa shape index (κ3) is 1.96. The van der Waals surface area contributed by atoms with Gasteiger partial charge in [0.25, 0.3) is 0 Å². The first-order valence-electron chi connectivity index (χ1n) is 4.74. The predicted octanol–water partition coefficient (Wildman–Crippen LogP) is 1.32. The molecule has 5 nitrogen and oxygen atoms in total. The van der Waals surface area contributed by atoms with Crippen molar-refractivity contribution < 1.29 is 9.21 Å². The van der Waals surface area contributed by atoms with Crippen molar-refractivity contribution in [2.45, 2.75) is 19.9 Å². The molecule has 0 spiro atoms. The van der Waals surface area contributed by atoms with Gasteiger partial charge in [0.15, 0.2) is 5.76 Å². The third-order valence-corrected chi connectivity index (χ3v) is 2.11. The predicted molar refractivity (Wildman–Crippen MR) is 52.4 cm³/mol. The lowest BCUT2D eigenvalue weighted by Gasteiger charge is -2.00. The molecule has 0 aliphatic carbocycles. The molecule has 0 radical (unpaired) electrons. The van der Waals surface area contributed by atoms with E-state index in [1.807, 2.05) is 6.92 Å². The molecule has 2 aromatic rings. The molecule has 0 atom stereocenters. The molecule has 5 heteroatoms. The van der Waals surface area contributed by atoms with Crippen LogP contribution in [-0.4, -0.2) is 20.5 Å². The Hall–Kier alpha value is -1.91. The first-order chi connectivity index (χ1) is 7.31. The van der Waals surface area contributed by atoms with Gasteiger partial charge in [-0.25, -0.2) is 9.67 Å². The molecule has 0 aliphatic heterocycles. The Morgan fingerprint density at radius 2 is 2.47 bits per heavy atom. The van der Waals surface area contributed by atoms with Crippen molar-refractivity contribution in [3.8, 4) is 0 Å². The number of aryl methyl sites for hydroxylation is 1. The number of aromatic nitrogens is 3. The molecule has 0 unspecified atom stereocenters. The maximum absolute atomic E-state index is 11.7. The molecule has 2 rings (SSSR count). The van der Waals surface area contributed by atoms with Crippen LogP contribution in [0.2, 0.25) is 0 Å². The molecule has 2 heterocycles. The summed E-state index contributed by atoms with van der Waals surface area (Å²) in [6.45, 7) is 2.66. The summed E-state index contributed by atoms with van der Waals surface area (Å²) in [4.78, 5) is 15.7. The summed E-state index contributed by atoms with van der Waals surface area (Å²) in [5.41, 5.74) is 0. The Labute approximate surface area is 86.7 Å². The summed E-state index contributed by atoms with van der Waals surface area (Å²) >= 11 is 0. The fraction of sp³-hybridized carbons (Fsp3) is 0.300. The topological polar surface area (TPSA) is 60.9 Å². The van der Waals surface area contributed by atoms with Crippen molar-refractivity contribution in [2.24, 2.45) is 0 Å². The first-order valence-corrected chi connectivity index (χ1v) is 4.74. The van der Waals surface area contributed by atoms with Gasteiger partial charge in [0.05, 0.1) is 12.7 Å². The highest BCUT2D eigenvalue weighted by molar-refractivity contribution is 5.94. The molecule has 15 heavy (non-hydrogen) atoms. The summed E-state index contributed by atoms with van der Waals surface area (Å²) in [5, 5.41) is 3.99. The molecule has 0 fully saturated rings. The van der Waals surface area contributed by atoms with Crippen LogP contribution in [0.4, 0.5) is 0 Å². The Morgan fingerprint density at radius 3 is 3.13 bits per heavy atom. The second-order valence-corrected chi connectivity index (χ2v) is 3.07. The molecule has 0 aliphatic rings. The molecule has 0 aromatic carbocycles. The number of rotatable bonds is 4. The molecular weight excluding hydrogens is 194 g/mol. The Balaban J connectivity index is 2.13. The number of furan rings is 1. The molecule has 0 N–H and O–H groups in total. The minimum Gasteiger partial charge on any atom is -0.461 e. The van der Waals surface area contributed by atoms with Crippen LogP contribution in [-0.2, 0) is 13.0 Å². The van der Waals surface area contributed by atoms with Gasteiger partial charge in [-0.15, -0.1) is 0 Å². The van der Waals surface area contributed by atoms with Gasteiger partial charge in [-0.1, -0.05) is 0 Å². The van der Waals surface area contributed by atoms with Crippen molar-refractivity contribution >= 4 is 5.78 Å². The van der Waals surface area contributed by atoms with Crippen LogP contribution in [0, 0.1) is 0 Å². The zero-order valence-corrected chi connectivity index (χ0v) is 8.38. The zero-order valence-electron chi connectivity index (χ0n) is 8.38. The number of ketones is 1. The normalized spacial score (nSPS) is 10.5. The van der Waals surface area contributed by atoms with Crippen LogP contribution >= 0.6 is 0 Å². The van der Waals surface area contributed by atoms with E-state index in [0.717, 1.165) is 0 Å². The molecule has 0 bridgehead atoms. The molecular formula is C10H11N3O2. The van der Waals surface area contributed by atoms with E-state index in [-0.39, 0.29) is 12.2 Å². The van der Waals surface area contributed by atoms with E-state index in [2.05, 4.69) is 10.1 Å². The fourth-order valence-electron chi connectivity index (χ4n) is 1.36. The number of hydrogen-bond acceptors (Lipinski definition) is 4. The lowest BCUT2D eigenvalue weighted by Crippen LogP contribution is -2.10. The second kappa shape index (κ2) is 4.08. The zero-order chi connectivity index (χ0) is 10.7. The summed E-state index contributed by atoms with van der Waals surface area (Å²) < 4.78 is 6.71. The largest absolute Gasteiger partial charge is 0.461 e. The van der Waals surface area contributed by atoms with E-state index in [0.29, 0.717) is 18.1 Å². The molecule has 0 saturated carbocycles. The first kappa shape index (κ1) is 9.64. The summed E-state index contributed by atoms with van der Waals surface area (Å²) in [7, 11) is 0. The minimum atomic E-state index is -0.0808. The van der Waals surface area contributed by atoms with Gasteiger partial charge in [0, 0.05) is 6.54 Å². The quantitative estimate of drug-likeness (QED) is 0.706. The fourth-order valence-corrected chi connectivity index (χ4v) is 1.36. The standard InChI is InChI=1S/C10H11N3O2/c1-2-13-10(11-7-12-13)6-8(14)9-4-3-5-15-9/h3-5,7H,2,6H2,1H3. The Kier molecular flexibility index (Phi) is 2.62. The van der Waals surface area contributed by atoms with Crippen LogP contribution in [0.15, 0.2) is 29.1 Å². The van der Waals surface area contributed by atoms with Crippen molar-refractivity contribution in [2.75, 3.05) is 0 Å². The maximum atomic E-state index is 11.7. The third-order valence-electron chi connectivity index (χ3n) is 2.11. The van der Waals surface area contributed by atoms with Gasteiger partial charge in [-0.05, 0) is 19.1 Å². The van der Waals surface area contributed by atoms with Gasteiger partial charge in [-0.2, -0.15) is 5.10 Å². The van der Waals surface area contributed by atoms with E-state index in [4.69, 9.17) is 4.42 Å². The average molecular weight is 205 g/mol. The van der Waals surface area contributed by atoms with Crippen molar-refractivity contribution in [1.29, 1.82) is 0 Å². The maximum Gasteiger partial charge on any atom is 0.205 e. The van der Waals surface area contributed by atoms with Crippen LogP contribution in [0.25, 0.3) is 0 Å². The number of carbonyl (C=O) groups excluding carboxylic acids is 1. The molecule has 0 amide bonds. The SMILES string of the molecule is CCn1ncnc1CC(=O)c1ccco1. The molecule has 78 valence electrons. The smallest absolute Gasteiger partial charge is 0.205 e. The van der Waals surface area contributed by atoms with Crippen LogP contribution in [0.5, 0.6) is 0 Å². The highest BCUT2D eigenvalue weighted by Gasteiger charge is 2.13. The van der Waals surface area contributed by atoms with E-state index in [1.54, 1.807) is 16.8 Å². The second-order valence-electron chi connectivity index (χ2n) is 3.07. The van der Waals surface area contributed by atoms with Crippen LogP contribution in [0.3, 0.4) is 0 Å². The molecule has 2 aromatic heterocycles. The van der Waals surface area contributed by atoms with Crippen molar-refractivity contribution in [3.63, 3.8) is 0 Å². The Morgan fingerprint density at radius 1 is 1.60 bits per heavy atom. The number of hydrogen-bond donors (Lipinski definition) is 0.